The van der Waals surface area contributed by atoms with Crippen LogP contribution in [0.3, 0.4) is 0 Å². The topological polar surface area (TPSA) is 52.6 Å². The van der Waals surface area contributed by atoms with E-state index < -0.39 is 0 Å². The van der Waals surface area contributed by atoms with Gasteiger partial charge >= 0.3 is 0 Å². The number of carbonyl (C=O) groups excluding carboxylic acids is 1. The van der Waals surface area contributed by atoms with Gasteiger partial charge in [-0.05, 0) is 38.1 Å². The fraction of sp³-hybridized carbons (Fsp3) is 0.909. The summed E-state index contributed by atoms with van der Waals surface area (Å²) in [5.41, 5.74) is 0. The van der Waals surface area contributed by atoms with Crippen molar-refractivity contribution in [3.8, 4) is 0 Å². The quantitative estimate of drug-likeness (QED) is 0.690. The minimum absolute atomic E-state index is 0.0211. The number of hydrogen-bond acceptors (Lipinski definition) is 3. The molecule has 1 aliphatic heterocycles. The van der Waals surface area contributed by atoms with Crippen molar-refractivity contribution < 1.29 is 9.90 Å². The lowest BCUT2D eigenvalue weighted by Gasteiger charge is -2.15. The van der Waals surface area contributed by atoms with E-state index in [1.54, 1.807) is 4.90 Å². The first-order valence-electron chi connectivity index (χ1n) is 5.83. The van der Waals surface area contributed by atoms with Gasteiger partial charge < -0.3 is 15.3 Å². The Morgan fingerprint density at radius 3 is 2.80 bits per heavy atom. The molecule has 15 heavy (non-hydrogen) atoms. The van der Waals surface area contributed by atoms with Crippen molar-refractivity contribution in [2.24, 2.45) is 5.92 Å². The number of aliphatic hydroxyl groups excluding tert-OH is 1. The molecule has 1 aliphatic carbocycles. The predicted octanol–water partition coefficient (Wildman–Crippen LogP) is -0.0323. The molecular formula is C11H20N2O2. The summed E-state index contributed by atoms with van der Waals surface area (Å²) >= 11 is 0. The number of nitrogens with zero attached hydrogens (tertiary/aromatic N) is 1. The largest absolute Gasteiger partial charge is 0.393 e. The van der Waals surface area contributed by atoms with Crippen LogP contribution in [-0.2, 0) is 4.79 Å². The molecule has 2 rings (SSSR count). The number of aliphatic hydroxyl groups is 1. The molecule has 1 saturated heterocycles. The number of hydrogen-bond donors (Lipinski definition) is 2. The van der Waals surface area contributed by atoms with E-state index in [1.807, 2.05) is 7.05 Å². The molecule has 0 aromatic carbocycles. The Morgan fingerprint density at radius 2 is 2.27 bits per heavy atom. The lowest BCUT2D eigenvalue weighted by molar-refractivity contribution is -0.128. The van der Waals surface area contributed by atoms with Crippen LogP contribution in [0.1, 0.15) is 25.7 Å². The van der Waals surface area contributed by atoms with Crippen LogP contribution in [-0.4, -0.2) is 48.2 Å². The summed E-state index contributed by atoms with van der Waals surface area (Å²) in [5, 5.41) is 12.7. The first kappa shape index (κ1) is 10.9. The highest BCUT2D eigenvalue weighted by atomic mass is 16.3. The molecule has 2 aliphatic rings. The van der Waals surface area contributed by atoms with E-state index in [0.29, 0.717) is 5.92 Å². The van der Waals surface area contributed by atoms with Crippen LogP contribution < -0.4 is 5.32 Å². The van der Waals surface area contributed by atoms with Gasteiger partial charge in [0.05, 0.1) is 12.1 Å². The molecule has 0 aromatic rings. The third kappa shape index (κ3) is 2.49. The van der Waals surface area contributed by atoms with Crippen molar-refractivity contribution in [1.82, 2.24) is 10.2 Å². The van der Waals surface area contributed by atoms with Crippen LogP contribution >= 0.6 is 0 Å². The standard InChI is InChI=1S/C11H20N2O2/c1-13-5-4-10(11(13)15)12-7-8-2-3-9(14)6-8/h8-10,12,14H,2-7H2,1H3. The minimum Gasteiger partial charge on any atom is -0.393 e. The summed E-state index contributed by atoms with van der Waals surface area (Å²) in [5.74, 6) is 0.771. The van der Waals surface area contributed by atoms with Gasteiger partial charge in [0.1, 0.15) is 0 Å². The van der Waals surface area contributed by atoms with E-state index in [9.17, 15) is 9.90 Å². The van der Waals surface area contributed by atoms with Crippen LogP contribution in [0.2, 0.25) is 0 Å². The van der Waals surface area contributed by atoms with Crippen molar-refractivity contribution >= 4 is 5.91 Å². The van der Waals surface area contributed by atoms with Crippen molar-refractivity contribution in [3.05, 3.63) is 0 Å². The highest BCUT2D eigenvalue weighted by Gasteiger charge is 2.30. The molecule has 0 bridgehead atoms. The third-order valence-electron chi connectivity index (χ3n) is 3.59. The summed E-state index contributed by atoms with van der Waals surface area (Å²) in [4.78, 5) is 13.4. The molecule has 0 radical (unpaired) electrons. The molecule has 1 heterocycles. The van der Waals surface area contributed by atoms with E-state index in [2.05, 4.69) is 5.32 Å². The van der Waals surface area contributed by atoms with Crippen LogP contribution in [0.15, 0.2) is 0 Å². The molecule has 86 valence electrons. The zero-order chi connectivity index (χ0) is 10.8. The number of rotatable bonds is 3. The van der Waals surface area contributed by atoms with Gasteiger partial charge in [0.2, 0.25) is 5.91 Å². The van der Waals surface area contributed by atoms with Gasteiger partial charge in [-0.1, -0.05) is 0 Å². The summed E-state index contributed by atoms with van der Waals surface area (Å²) in [7, 11) is 1.85. The Kier molecular flexibility index (Phi) is 3.26. The number of likely N-dealkylation sites (N-methyl/N-ethyl adjacent to an activating group) is 1. The van der Waals surface area contributed by atoms with Crippen molar-refractivity contribution in [2.45, 2.75) is 37.8 Å². The normalized spacial score (nSPS) is 36.5. The Hall–Kier alpha value is -0.610. The van der Waals surface area contributed by atoms with Gasteiger partial charge in [0, 0.05) is 13.6 Å². The molecule has 3 unspecified atom stereocenters. The van der Waals surface area contributed by atoms with E-state index in [0.717, 1.165) is 38.8 Å². The second kappa shape index (κ2) is 4.49. The SMILES string of the molecule is CN1CCC(NCC2CCC(O)C2)C1=O. The molecule has 3 atom stereocenters. The number of amides is 1. The summed E-state index contributed by atoms with van der Waals surface area (Å²) in [6, 6.07) is 0.0211. The van der Waals surface area contributed by atoms with Gasteiger partial charge in [0.25, 0.3) is 0 Å². The van der Waals surface area contributed by atoms with Crippen LogP contribution in [0.25, 0.3) is 0 Å². The molecule has 1 saturated carbocycles. The van der Waals surface area contributed by atoms with Gasteiger partial charge in [-0.3, -0.25) is 4.79 Å². The fourth-order valence-corrected chi connectivity index (χ4v) is 2.55. The van der Waals surface area contributed by atoms with Crippen LogP contribution in [0, 0.1) is 5.92 Å². The predicted molar refractivity (Wildman–Crippen MR) is 57.4 cm³/mol. The van der Waals surface area contributed by atoms with Crippen molar-refractivity contribution in [1.29, 1.82) is 0 Å². The maximum Gasteiger partial charge on any atom is 0.239 e. The first-order valence-corrected chi connectivity index (χ1v) is 5.83. The lowest BCUT2D eigenvalue weighted by atomic mass is 10.1. The smallest absolute Gasteiger partial charge is 0.239 e. The van der Waals surface area contributed by atoms with E-state index >= 15 is 0 Å². The Balaban J connectivity index is 1.72. The second-order valence-corrected chi connectivity index (χ2v) is 4.84. The van der Waals surface area contributed by atoms with Crippen molar-refractivity contribution in [2.75, 3.05) is 20.1 Å². The van der Waals surface area contributed by atoms with Crippen LogP contribution in [0.4, 0.5) is 0 Å². The third-order valence-corrected chi connectivity index (χ3v) is 3.59. The molecule has 0 spiro atoms. The Bertz CT molecular complexity index is 245. The van der Waals surface area contributed by atoms with E-state index in [-0.39, 0.29) is 18.1 Å². The van der Waals surface area contributed by atoms with E-state index in [4.69, 9.17) is 0 Å². The first-order chi connectivity index (χ1) is 7.16. The highest BCUT2D eigenvalue weighted by molar-refractivity contribution is 5.83. The fourth-order valence-electron chi connectivity index (χ4n) is 2.55. The van der Waals surface area contributed by atoms with Gasteiger partial charge in [0.15, 0.2) is 0 Å². The molecular weight excluding hydrogens is 192 g/mol. The van der Waals surface area contributed by atoms with Gasteiger partial charge in [-0.2, -0.15) is 0 Å². The molecule has 2 N–H and O–H groups in total. The number of carbonyl (C=O) groups is 1. The number of likely N-dealkylation sites (tertiary alicyclic amines) is 1. The molecule has 4 heteroatoms. The molecule has 2 fully saturated rings. The monoisotopic (exact) mass is 212 g/mol. The van der Waals surface area contributed by atoms with Crippen molar-refractivity contribution in [3.63, 3.8) is 0 Å². The summed E-state index contributed by atoms with van der Waals surface area (Å²) in [6.07, 6.45) is 3.71. The van der Waals surface area contributed by atoms with Crippen LogP contribution in [0.5, 0.6) is 0 Å². The van der Waals surface area contributed by atoms with E-state index in [1.165, 1.54) is 0 Å². The minimum atomic E-state index is -0.112. The van der Waals surface area contributed by atoms with Gasteiger partial charge in [-0.25, -0.2) is 0 Å². The second-order valence-electron chi connectivity index (χ2n) is 4.84. The maximum absolute atomic E-state index is 11.6. The molecule has 4 nitrogen and oxygen atoms in total. The highest BCUT2D eigenvalue weighted by Crippen LogP contribution is 2.24. The molecule has 0 aromatic heterocycles. The maximum atomic E-state index is 11.6. The zero-order valence-corrected chi connectivity index (χ0v) is 9.28. The lowest BCUT2D eigenvalue weighted by Crippen LogP contribution is -2.39. The number of nitrogens with one attached hydrogen (secondary N) is 1. The average molecular weight is 212 g/mol. The average Bonchev–Trinajstić information content (AvgIpc) is 2.74. The Labute approximate surface area is 90.6 Å². The zero-order valence-electron chi connectivity index (χ0n) is 9.28. The summed E-state index contributed by atoms with van der Waals surface area (Å²) < 4.78 is 0. The Morgan fingerprint density at radius 1 is 1.47 bits per heavy atom. The summed E-state index contributed by atoms with van der Waals surface area (Å²) in [6.45, 7) is 1.74. The molecule has 1 amide bonds. The van der Waals surface area contributed by atoms with Gasteiger partial charge in [-0.15, -0.1) is 0 Å².